The average molecular weight is 798 g/mol. The fourth-order valence-electron chi connectivity index (χ4n) is 7.67. The van der Waals surface area contributed by atoms with Gasteiger partial charge >= 0.3 is 0 Å². The second-order valence-electron chi connectivity index (χ2n) is 14.1. The van der Waals surface area contributed by atoms with E-state index in [0.29, 0.717) is 5.03 Å². The van der Waals surface area contributed by atoms with Crippen LogP contribution < -0.4 is 0 Å². The maximum atomic E-state index is 11.5. The normalized spacial score (nSPS) is 49.6. The molecule has 21 atom stereocenters. The Morgan fingerprint density at radius 2 is 1.41 bits per heavy atom. The molecule has 7 heterocycles. The fourth-order valence-corrected chi connectivity index (χ4v) is 8.46. The van der Waals surface area contributed by atoms with Crippen LogP contribution in [-0.4, -0.2) is 222 Å². The van der Waals surface area contributed by atoms with Gasteiger partial charge in [0.15, 0.2) is 18.9 Å². The number of nitrogens with zero attached hydrogens (tertiary/aromatic N) is 1. The lowest BCUT2D eigenvalue weighted by Crippen LogP contribution is -2.69. The number of hydrogen-bond acceptors (Lipinski definition) is 22. The molecular formula is C32H47NO20S. The minimum absolute atomic E-state index is 0.0314. The lowest BCUT2D eigenvalue weighted by atomic mass is 9.88. The first-order chi connectivity index (χ1) is 25.8. The van der Waals surface area contributed by atoms with Gasteiger partial charge in [0, 0.05) is 18.4 Å². The van der Waals surface area contributed by atoms with E-state index in [2.05, 4.69) is 4.98 Å². The largest absolute Gasteiger partial charge is 0.394 e. The molecule has 0 radical (unpaired) electrons. The topological polar surface area (TPSA) is 318 Å². The van der Waals surface area contributed by atoms with Gasteiger partial charge < -0.3 is 98.8 Å². The van der Waals surface area contributed by atoms with E-state index < -0.39 is 148 Å². The number of ether oxygens (including phenoxy) is 9. The van der Waals surface area contributed by atoms with Crippen molar-refractivity contribution in [3.63, 3.8) is 0 Å². The average Bonchev–Trinajstić information content (AvgIpc) is 3.65. The van der Waals surface area contributed by atoms with Gasteiger partial charge in [-0.05, 0) is 12.1 Å². The molecule has 0 amide bonds. The Morgan fingerprint density at radius 1 is 0.741 bits per heavy atom. The van der Waals surface area contributed by atoms with Crippen LogP contribution in [-0.2, 0) is 42.6 Å². The van der Waals surface area contributed by atoms with Gasteiger partial charge in [0.1, 0.15) is 97.7 Å². The molecule has 21 nitrogen and oxygen atoms in total. The second-order valence-corrected chi connectivity index (χ2v) is 15.1. The molecule has 6 aliphatic rings. The van der Waals surface area contributed by atoms with Crippen LogP contribution in [0.25, 0.3) is 0 Å². The number of aliphatic hydroxyl groups excluding tert-OH is 11. The Hall–Kier alpha value is -1.30. The number of thioether (sulfide) groups is 1. The summed E-state index contributed by atoms with van der Waals surface area (Å²) in [6.07, 6.45) is -28.1. The van der Waals surface area contributed by atoms with Crippen LogP contribution in [0.5, 0.6) is 0 Å². The van der Waals surface area contributed by atoms with Crippen LogP contribution in [0.1, 0.15) is 6.42 Å². The van der Waals surface area contributed by atoms with Crippen molar-refractivity contribution in [2.24, 2.45) is 0 Å². The molecule has 306 valence electrons. The molecule has 0 saturated carbocycles. The zero-order chi connectivity index (χ0) is 38.5. The van der Waals surface area contributed by atoms with E-state index in [9.17, 15) is 56.2 Å². The number of aliphatic hydroxyl groups is 11. The SMILES string of the molecule is OC[C@H]1O[C@@](CC(O)CSc2ccccn2)(O[C@@H]2[C@H]3OC[C@@H]2O[C@@H](O[C@@H]2[C@@H](O)[C@H](O[C@@H]4[C@H]5OC[C@@H]4O[C@@H](O)[C@H]5O)O[C@H](CO)[C@H]2O)[C@H]3O)[C@H](O)[C@@H](O)[C@H]1O. The smallest absolute Gasteiger partial charge is 0.200 e. The van der Waals surface area contributed by atoms with E-state index in [1.807, 2.05) is 0 Å². The minimum Gasteiger partial charge on any atom is -0.394 e. The van der Waals surface area contributed by atoms with Crippen LogP contribution in [0.15, 0.2) is 29.4 Å². The highest BCUT2D eigenvalue weighted by atomic mass is 32.2. The molecule has 4 bridgehead atoms. The molecule has 1 unspecified atom stereocenters. The highest BCUT2D eigenvalue weighted by molar-refractivity contribution is 7.99. The van der Waals surface area contributed by atoms with Crippen molar-refractivity contribution in [2.75, 3.05) is 32.2 Å². The Morgan fingerprint density at radius 3 is 2.09 bits per heavy atom. The van der Waals surface area contributed by atoms with Crippen LogP contribution >= 0.6 is 11.8 Å². The van der Waals surface area contributed by atoms with Gasteiger partial charge in [0.2, 0.25) is 5.79 Å². The summed E-state index contributed by atoms with van der Waals surface area (Å²) in [5, 5.41) is 118. The molecule has 11 N–H and O–H groups in total. The zero-order valence-corrected chi connectivity index (χ0v) is 29.4. The Balaban J connectivity index is 1.06. The molecule has 22 heteroatoms. The third-order valence-corrected chi connectivity index (χ3v) is 11.6. The van der Waals surface area contributed by atoms with Crippen molar-refractivity contribution >= 4 is 11.8 Å². The van der Waals surface area contributed by atoms with E-state index in [4.69, 9.17) is 42.6 Å². The first-order valence-corrected chi connectivity index (χ1v) is 18.6. The second kappa shape index (κ2) is 16.9. The predicted octanol–water partition coefficient (Wildman–Crippen LogP) is -6.35. The number of fused-ring (bicyclic) bond motifs is 4. The molecule has 6 aliphatic heterocycles. The van der Waals surface area contributed by atoms with Crippen molar-refractivity contribution in [1.29, 1.82) is 0 Å². The molecular weight excluding hydrogens is 750 g/mol. The van der Waals surface area contributed by atoms with Crippen LogP contribution in [0.3, 0.4) is 0 Å². The monoisotopic (exact) mass is 797 g/mol. The van der Waals surface area contributed by atoms with Crippen molar-refractivity contribution in [2.45, 2.75) is 140 Å². The Kier molecular flexibility index (Phi) is 12.8. The maximum Gasteiger partial charge on any atom is 0.200 e. The summed E-state index contributed by atoms with van der Waals surface area (Å²) < 4.78 is 52.2. The molecule has 0 spiro atoms. The highest BCUT2D eigenvalue weighted by Crippen LogP contribution is 2.43. The van der Waals surface area contributed by atoms with E-state index in [-0.39, 0.29) is 19.0 Å². The minimum atomic E-state index is -2.27. The van der Waals surface area contributed by atoms with Gasteiger partial charge in [-0.1, -0.05) is 6.07 Å². The molecule has 6 saturated heterocycles. The van der Waals surface area contributed by atoms with Crippen molar-refractivity contribution in [3.05, 3.63) is 24.4 Å². The summed E-state index contributed by atoms with van der Waals surface area (Å²) in [7, 11) is 0. The van der Waals surface area contributed by atoms with Crippen molar-refractivity contribution < 1.29 is 98.8 Å². The van der Waals surface area contributed by atoms with E-state index in [1.54, 1.807) is 24.4 Å². The summed E-state index contributed by atoms with van der Waals surface area (Å²) >= 11 is 1.19. The summed E-state index contributed by atoms with van der Waals surface area (Å²) in [5.74, 6) is -2.24. The van der Waals surface area contributed by atoms with Gasteiger partial charge in [-0.15, -0.1) is 11.8 Å². The molecule has 6 fully saturated rings. The predicted molar refractivity (Wildman–Crippen MR) is 172 cm³/mol. The lowest BCUT2D eigenvalue weighted by molar-refractivity contribution is -0.403. The fraction of sp³-hybridized carbons (Fsp3) is 0.844. The lowest BCUT2D eigenvalue weighted by Gasteiger charge is -2.51. The van der Waals surface area contributed by atoms with Crippen LogP contribution in [0, 0.1) is 0 Å². The highest BCUT2D eigenvalue weighted by Gasteiger charge is 2.62. The molecule has 1 aromatic heterocycles. The molecule has 7 rings (SSSR count). The number of hydrogen-bond donors (Lipinski definition) is 11. The number of pyridine rings is 1. The maximum absolute atomic E-state index is 11.5. The molecule has 54 heavy (non-hydrogen) atoms. The van der Waals surface area contributed by atoms with Gasteiger partial charge in [0.25, 0.3) is 0 Å². The van der Waals surface area contributed by atoms with E-state index in [1.165, 1.54) is 11.8 Å². The summed E-state index contributed by atoms with van der Waals surface area (Å²) in [4.78, 5) is 4.19. The zero-order valence-electron chi connectivity index (χ0n) is 28.5. The van der Waals surface area contributed by atoms with Crippen molar-refractivity contribution in [3.8, 4) is 0 Å². The van der Waals surface area contributed by atoms with Crippen molar-refractivity contribution in [1.82, 2.24) is 4.98 Å². The van der Waals surface area contributed by atoms with Gasteiger partial charge in [0.05, 0.1) is 37.6 Å². The van der Waals surface area contributed by atoms with Crippen LogP contribution in [0.4, 0.5) is 0 Å². The first-order valence-electron chi connectivity index (χ1n) is 17.6. The standard InChI is InChI=1S/C32H47NO20S/c34-6-12-18(38)25(21(41)30(48-12)50-23-14-8-45-26(23)20(40)29(44)47-14)51-31-22(42)27-24(15(49-31)9-46-27)53-32(28(43)19(39)17(37)13(7-35)52-32)5-11(36)10-54-16-3-1-2-4-33-16/h1-4,11-15,17-31,34-44H,5-10H2/t11?,12-,13-,14+,15+,17+,18-,19+,20+,21-,22+,23+,24+,25+,26+,27+,28-,29-,30+,31+,32+/m1/s1. The number of aromatic nitrogens is 1. The summed E-state index contributed by atoms with van der Waals surface area (Å²) in [5.41, 5.74) is 0. The molecule has 1 aromatic rings. The molecule has 0 aliphatic carbocycles. The third kappa shape index (κ3) is 7.80. The Labute approximate surface area is 311 Å². The Bertz CT molecular complexity index is 1370. The van der Waals surface area contributed by atoms with Crippen LogP contribution in [0.2, 0.25) is 0 Å². The quantitative estimate of drug-likeness (QED) is 0.0827. The summed E-state index contributed by atoms with van der Waals surface area (Å²) in [6, 6.07) is 5.21. The van der Waals surface area contributed by atoms with Gasteiger partial charge in [-0.25, -0.2) is 4.98 Å². The van der Waals surface area contributed by atoms with Gasteiger partial charge in [-0.3, -0.25) is 0 Å². The van der Waals surface area contributed by atoms with Gasteiger partial charge in [-0.2, -0.15) is 0 Å². The van der Waals surface area contributed by atoms with E-state index >= 15 is 0 Å². The third-order valence-electron chi connectivity index (χ3n) is 10.5. The number of rotatable bonds is 13. The first kappa shape index (κ1) is 40.9. The summed E-state index contributed by atoms with van der Waals surface area (Å²) in [6.45, 7) is -1.78. The molecule has 0 aromatic carbocycles. The van der Waals surface area contributed by atoms with E-state index in [0.717, 1.165) is 0 Å².